The summed E-state index contributed by atoms with van der Waals surface area (Å²) < 4.78 is 11.3. The fourth-order valence-corrected chi connectivity index (χ4v) is 1.83. The normalized spacial score (nSPS) is 10.5. The lowest BCUT2D eigenvalue weighted by molar-refractivity contribution is 0.0705. The molecule has 0 aliphatic rings. The lowest BCUT2D eigenvalue weighted by atomic mass is 10.3. The van der Waals surface area contributed by atoms with Gasteiger partial charge in [-0.1, -0.05) is 11.6 Å². The summed E-state index contributed by atoms with van der Waals surface area (Å²) in [6.07, 6.45) is 0.947. The van der Waals surface area contributed by atoms with E-state index in [4.69, 9.17) is 21.1 Å². The van der Waals surface area contributed by atoms with Crippen molar-refractivity contribution in [2.24, 2.45) is 0 Å². The van der Waals surface area contributed by atoms with Gasteiger partial charge < -0.3 is 14.8 Å². The predicted octanol–water partition coefficient (Wildman–Crippen LogP) is 3.57. The molecule has 0 radical (unpaired) electrons. The number of rotatable bonds is 8. The molecule has 1 rings (SSSR count). The van der Waals surface area contributed by atoms with Crippen LogP contribution in [0.5, 0.6) is 0 Å². The van der Waals surface area contributed by atoms with Crippen LogP contribution in [0.1, 0.15) is 6.42 Å². The predicted molar refractivity (Wildman–Crippen MR) is 75.0 cm³/mol. The monoisotopic (exact) mass is 321 g/mol. The van der Waals surface area contributed by atoms with Crippen LogP contribution in [0.15, 0.2) is 22.7 Å². The van der Waals surface area contributed by atoms with Crippen LogP contribution in [0.4, 0.5) is 5.69 Å². The zero-order valence-corrected chi connectivity index (χ0v) is 12.2. The second-order valence-corrected chi connectivity index (χ2v) is 4.80. The summed E-state index contributed by atoms with van der Waals surface area (Å²) in [5.74, 6) is 0. The minimum absolute atomic E-state index is 0.646. The van der Waals surface area contributed by atoms with Crippen LogP contribution in [-0.2, 0) is 9.47 Å². The number of ether oxygens (including phenoxy) is 2. The third-order valence-corrected chi connectivity index (χ3v) is 3.07. The summed E-state index contributed by atoms with van der Waals surface area (Å²) in [4.78, 5) is 0. The minimum atomic E-state index is 0.646. The number of benzene rings is 1. The van der Waals surface area contributed by atoms with E-state index in [1.807, 2.05) is 18.2 Å². The van der Waals surface area contributed by atoms with Crippen molar-refractivity contribution in [2.45, 2.75) is 6.42 Å². The Morgan fingerprint density at radius 1 is 1.29 bits per heavy atom. The van der Waals surface area contributed by atoms with Crippen LogP contribution < -0.4 is 5.32 Å². The third-order valence-electron chi connectivity index (χ3n) is 2.14. The molecule has 0 aliphatic heterocycles. The molecule has 17 heavy (non-hydrogen) atoms. The molecular weight excluding hydrogens is 305 g/mol. The second-order valence-electron chi connectivity index (χ2n) is 3.51. The Kier molecular flexibility index (Phi) is 7.60. The van der Waals surface area contributed by atoms with Gasteiger partial charge in [0.2, 0.25) is 0 Å². The average molecular weight is 323 g/mol. The molecule has 0 saturated heterocycles. The van der Waals surface area contributed by atoms with Gasteiger partial charge in [-0.2, -0.15) is 0 Å². The van der Waals surface area contributed by atoms with Crippen LogP contribution >= 0.6 is 27.5 Å². The first-order valence-corrected chi connectivity index (χ1v) is 6.66. The molecule has 0 aliphatic carbocycles. The summed E-state index contributed by atoms with van der Waals surface area (Å²) in [5.41, 5.74) is 1.01. The minimum Gasteiger partial charge on any atom is -0.384 e. The molecule has 96 valence electrons. The van der Waals surface area contributed by atoms with E-state index in [0.29, 0.717) is 13.2 Å². The van der Waals surface area contributed by atoms with E-state index < -0.39 is 0 Å². The second kappa shape index (κ2) is 8.75. The van der Waals surface area contributed by atoms with Crippen LogP contribution in [0.25, 0.3) is 0 Å². The topological polar surface area (TPSA) is 30.5 Å². The van der Waals surface area contributed by atoms with Gasteiger partial charge in [-0.15, -0.1) is 0 Å². The zero-order chi connectivity index (χ0) is 12.5. The van der Waals surface area contributed by atoms with Crippen LogP contribution in [0.2, 0.25) is 5.02 Å². The summed E-state index contributed by atoms with van der Waals surface area (Å²) in [6, 6.07) is 5.68. The Hall–Kier alpha value is -0.290. The molecule has 1 aromatic rings. The molecule has 0 atom stereocenters. The molecule has 3 nitrogen and oxygen atoms in total. The van der Waals surface area contributed by atoms with Crippen molar-refractivity contribution in [3.8, 4) is 0 Å². The van der Waals surface area contributed by atoms with E-state index in [9.17, 15) is 0 Å². The highest BCUT2D eigenvalue weighted by atomic mass is 79.9. The number of methoxy groups -OCH3 is 1. The van der Waals surface area contributed by atoms with Crippen molar-refractivity contribution in [1.82, 2.24) is 0 Å². The molecule has 0 saturated carbocycles. The van der Waals surface area contributed by atoms with Crippen molar-refractivity contribution in [2.75, 3.05) is 38.8 Å². The fourth-order valence-electron chi connectivity index (χ4n) is 1.27. The Bertz CT molecular complexity index is 336. The van der Waals surface area contributed by atoms with E-state index in [-0.39, 0.29) is 0 Å². The van der Waals surface area contributed by atoms with E-state index in [2.05, 4.69) is 21.2 Å². The van der Waals surface area contributed by atoms with Crippen molar-refractivity contribution < 1.29 is 9.47 Å². The Morgan fingerprint density at radius 2 is 2.12 bits per heavy atom. The molecule has 0 amide bonds. The van der Waals surface area contributed by atoms with Gasteiger partial charge in [0, 0.05) is 35.4 Å². The van der Waals surface area contributed by atoms with Crippen LogP contribution in [0, 0.1) is 0 Å². The largest absolute Gasteiger partial charge is 0.384 e. The first-order chi connectivity index (χ1) is 8.24. The third kappa shape index (κ3) is 6.27. The molecule has 0 bridgehead atoms. The quantitative estimate of drug-likeness (QED) is 0.742. The Morgan fingerprint density at radius 3 is 2.88 bits per heavy atom. The maximum Gasteiger partial charge on any atom is 0.0700 e. The van der Waals surface area contributed by atoms with Gasteiger partial charge in [-0.25, -0.2) is 0 Å². The number of nitrogens with one attached hydrogen (secondary N) is 1. The molecule has 0 fully saturated rings. The number of hydrogen-bond donors (Lipinski definition) is 1. The van der Waals surface area contributed by atoms with Crippen molar-refractivity contribution >= 4 is 33.2 Å². The molecule has 1 N–H and O–H groups in total. The van der Waals surface area contributed by atoms with Gasteiger partial charge in [-0.05, 0) is 40.5 Å². The summed E-state index contributed by atoms with van der Waals surface area (Å²) in [6.45, 7) is 2.88. The van der Waals surface area contributed by atoms with Crippen molar-refractivity contribution in [3.63, 3.8) is 0 Å². The molecule has 0 aromatic heterocycles. The molecule has 1 aromatic carbocycles. The summed E-state index contributed by atoms with van der Waals surface area (Å²) in [7, 11) is 1.67. The van der Waals surface area contributed by atoms with Gasteiger partial charge in [0.25, 0.3) is 0 Å². The number of anilines is 1. The van der Waals surface area contributed by atoms with Gasteiger partial charge in [-0.3, -0.25) is 0 Å². The van der Waals surface area contributed by atoms with E-state index in [0.717, 1.165) is 34.8 Å². The standard InChI is InChI=1S/C12H17BrClNO2/c1-16-7-8-17-6-2-5-15-12-9-10(14)3-4-11(12)13/h3-4,9,15H,2,5-8H2,1H3. The zero-order valence-electron chi connectivity index (χ0n) is 9.84. The SMILES string of the molecule is COCCOCCCNc1cc(Cl)ccc1Br. The highest BCUT2D eigenvalue weighted by Gasteiger charge is 1.99. The maximum absolute atomic E-state index is 5.91. The van der Waals surface area contributed by atoms with Gasteiger partial charge in [0.15, 0.2) is 0 Å². The highest BCUT2D eigenvalue weighted by Crippen LogP contribution is 2.25. The van der Waals surface area contributed by atoms with Gasteiger partial charge in [0.05, 0.1) is 13.2 Å². The fraction of sp³-hybridized carbons (Fsp3) is 0.500. The number of hydrogen-bond acceptors (Lipinski definition) is 3. The lowest BCUT2D eigenvalue weighted by Crippen LogP contribution is -2.08. The molecule has 5 heteroatoms. The molecule has 0 spiro atoms. The molecule has 0 unspecified atom stereocenters. The first-order valence-electron chi connectivity index (χ1n) is 5.49. The Labute approximate surface area is 116 Å². The van der Waals surface area contributed by atoms with E-state index in [1.54, 1.807) is 7.11 Å². The Balaban J connectivity index is 2.15. The smallest absolute Gasteiger partial charge is 0.0700 e. The average Bonchev–Trinajstić information content (AvgIpc) is 2.32. The number of halogens is 2. The van der Waals surface area contributed by atoms with Gasteiger partial charge >= 0.3 is 0 Å². The highest BCUT2D eigenvalue weighted by molar-refractivity contribution is 9.10. The maximum atomic E-state index is 5.91. The summed E-state index contributed by atoms with van der Waals surface area (Å²) in [5, 5.41) is 4.03. The first kappa shape index (κ1) is 14.8. The van der Waals surface area contributed by atoms with E-state index >= 15 is 0 Å². The van der Waals surface area contributed by atoms with Crippen molar-refractivity contribution in [1.29, 1.82) is 0 Å². The molecule has 0 heterocycles. The van der Waals surface area contributed by atoms with E-state index in [1.165, 1.54) is 0 Å². The lowest BCUT2D eigenvalue weighted by Gasteiger charge is -2.09. The van der Waals surface area contributed by atoms with Crippen LogP contribution in [0.3, 0.4) is 0 Å². The molecular formula is C12H17BrClNO2. The van der Waals surface area contributed by atoms with Crippen molar-refractivity contribution in [3.05, 3.63) is 27.7 Å². The summed E-state index contributed by atoms with van der Waals surface area (Å²) >= 11 is 9.38. The van der Waals surface area contributed by atoms with Crippen LogP contribution in [-0.4, -0.2) is 33.5 Å². The van der Waals surface area contributed by atoms with Gasteiger partial charge in [0.1, 0.15) is 0 Å².